The van der Waals surface area contributed by atoms with Crippen LogP contribution in [0.1, 0.15) is 48.0 Å². The van der Waals surface area contributed by atoms with Gasteiger partial charge in [-0.05, 0) is 85.2 Å². The van der Waals surface area contributed by atoms with Crippen LogP contribution in [0, 0.1) is 12.8 Å². The average Bonchev–Trinajstić information content (AvgIpc) is 3.37. The Labute approximate surface area is 204 Å². The Morgan fingerprint density at radius 2 is 1.97 bits per heavy atom. The number of pyridine rings is 1. The number of aromatic nitrogens is 1. The second-order valence-corrected chi connectivity index (χ2v) is 10.5. The van der Waals surface area contributed by atoms with Gasteiger partial charge in [-0.1, -0.05) is 24.6 Å². The molecule has 166 valence electrons. The molecule has 5 rings (SSSR count). The Balaban J connectivity index is 1.52. The van der Waals surface area contributed by atoms with Gasteiger partial charge < -0.3 is 15.1 Å². The quantitative estimate of drug-likeness (QED) is 0.428. The van der Waals surface area contributed by atoms with Crippen molar-refractivity contribution in [1.82, 2.24) is 10.3 Å². The number of rotatable bonds is 4. The second kappa shape index (κ2) is 9.00. The molecule has 3 aromatic rings. The van der Waals surface area contributed by atoms with Gasteiger partial charge in [-0.15, -0.1) is 11.3 Å². The van der Waals surface area contributed by atoms with Crippen LogP contribution in [-0.4, -0.2) is 23.2 Å². The number of thiophene rings is 1. The maximum atomic E-state index is 6.84. The molecule has 0 bridgehead atoms. The van der Waals surface area contributed by atoms with Gasteiger partial charge in [0, 0.05) is 29.9 Å². The summed E-state index contributed by atoms with van der Waals surface area (Å²) in [6.45, 7) is 6.60. The van der Waals surface area contributed by atoms with E-state index in [1.807, 2.05) is 18.3 Å². The van der Waals surface area contributed by atoms with Crippen molar-refractivity contribution in [3.63, 3.8) is 0 Å². The smallest absolute Gasteiger partial charge is 0.174 e. The molecule has 2 atom stereocenters. The third-order valence-electron chi connectivity index (χ3n) is 6.60. The Bertz CT molecular complexity index is 1110. The number of nitrogens with zero attached hydrogens (tertiary/aromatic N) is 3. The minimum atomic E-state index is -0.0249. The zero-order valence-electron chi connectivity index (χ0n) is 18.3. The normalized spacial score (nSPS) is 21.8. The van der Waals surface area contributed by atoms with Crippen molar-refractivity contribution in [2.24, 2.45) is 5.92 Å². The average molecular weight is 483 g/mol. The SMILES string of the molecule is Cc1ccsc1[C@@H]1[C@H](c2ccccn2)NC(=S)N1c1ccc(N2CCC(C)CC2)c(Cl)c1. The number of anilines is 2. The van der Waals surface area contributed by atoms with Crippen LogP contribution in [-0.2, 0) is 0 Å². The molecule has 2 fully saturated rings. The Hall–Kier alpha value is -2.15. The lowest BCUT2D eigenvalue weighted by Crippen LogP contribution is -2.33. The van der Waals surface area contributed by atoms with Gasteiger partial charge in [0.25, 0.3) is 0 Å². The number of halogens is 1. The van der Waals surface area contributed by atoms with Crippen LogP contribution in [0.5, 0.6) is 0 Å². The fraction of sp³-hybridized carbons (Fsp3) is 0.360. The number of nitrogens with one attached hydrogen (secondary N) is 1. The third kappa shape index (κ3) is 4.00. The van der Waals surface area contributed by atoms with Crippen LogP contribution in [0.25, 0.3) is 0 Å². The summed E-state index contributed by atoms with van der Waals surface area (Å²) in [5, 5.41) is 7.16. The van der Waals surface area contributed by atoms with Crippen molar-refractivity contribution < 1.29 is 0 Å². The van der Waals surface area contributed by atoms with E-state index in [1.165, 1.54) is 23.3 Å². The highest BCUT2D eigenvalue weighted by molar-refractivity contribution is 7.80. The maximum absolute atomic E-state index is 6.84. The summed E-state index contributed by atoms with van der Waals surface area (Å²) in [7, 11) is 0. The molecule has 2 aliphatic heterocycles. The molecule has 0 aliphatic carbocycles. The first-order valence-electron chi connectivity index (χ1n) is 11.1. The molecular weight excluding hydrogens is 456 g/mol. The fourth-order valence-electron chi connectivity index (χ4n) is 4.74. The summed E-state index contributed by atoms with van der Waals surface area (Å²) in [4.78, 5) is 10.5. The number of piperidine rings is 1. The highest BCUT2D eigenvalue weighted by Gasteiger charge is 2.42. The predicted octanol–water partition coefficient (Wildman–Crippen LogP) is 6.52. The Morgan fingerprint density at radius 1 is 1.16 bits per heavy atom. The zero-order valence-corrected chi connectivity index (χ0v) is 20.7. The number of aryl methyl sites for hydroxylation is 1. The highest BCUT2D eigenvalue weighted by Crippen LogP contribution is 2.45. The van der Waals surface area contributed by atoms with E-state index >= 15 is 0 Å². The zero-order chi connectivity index (χ0) is 22.2. The molecule has 7 heteroatoms. The van der Waals surface area contributed by atoms with Crippen molar-refractivity contribution in [2.75, 3.05) is 22.9 Å². The summed E-state index contributed by atoms with van der Waals surface area (Å²) >= 11 is 14.5. The first-order chi connectivity index (χ1) is 15.5. The van der Waals surface area contributed by atoms with E-state index in [9.17, 15) is 0 Å². The van der Waals surface area contributed by atoms with Crippen LogP contribution in [0.4, 0.5) is 11.4 Å². The molecule has 0 radical (unpaired) electrons. The fourth-order valence-corrected chi connectivity index (χ4v) is 6.43. The lowest BCUT2D eigenvalue weighted by Gasteiger charge is -2.33. The van der Waals surface area contributed by atoms with Gasteiger partial charge in [-0.2, -0.15) is 0 Å². The Morgan fingerprint density at radius 3 is 2.62 bits per heavy atom. The topological polar surface area (TPSA) is 31.4 Å². The van der Waals surface area contributed by atoms with Crippen LogP contribution in [0.3, 0.4) is 0 Å². The molecule has 2 aliphatic rings. The second-order valence-electron chi connectivity index (χ2n) is 8.77. The first-order valence-corrected chi connectivity index (χ1v) is 12.8. The molecular formula is C25H27ClN4S2. The maximum Gasteiger partial charge on any atom is 0.174 e. The molecule has 1 N–H and O–H groups in total. The van der Waals surface area contributed by atoms with Gasteiger partial charge in [0.1, 0.15) is 0 Å². The van der Waals surface area contributed by atoms with E-state index in [2.05, 4.69) is 69.7 Å². The molecule has 0 saturated carbocycles. The van der Waals surface area contributed by atoms with Crippen molar-refractivity contribution in [3.05, 3.63) is 75.2 Å². The van der Waals surface area contributed by atoms with E-state index in [0.29, 0.717) is 5.11 Å². The Kier molecular flexibility index (Phi) is 6.10. The standard InChI is InChI=1S/C25H27ClN4S2/c1-16-8-12-29(13-9-16)21-7-6-18(15-19(21)26)30-23(24-17(2)10-14-32-24)22(28-25(30)31)20-5-3-4-11-27-20/h3-7,10-11,14-16,22-23H,8-9,12-13H2,1-2H3,(H,28,31)/t22-,23-/m0/s1. The molecule has 0 unspecified atom stereocenters. The summed E-state index contributed by atoms with van der Waals surface area (Å²) < 4.78 is 0. The van der Waals surface area contributed by atoms with E-state index in [0.717, 1.165) is 41.1 Å². The molecule has 0 spiro atoms. The monoisotopic (exact) mass is 482 g/mol. The summed E-state index contributed by atoms with van der Waals surface area (Å²) in [6.07, 6.45) is 4.26. The van der Waals surface area contributed by atoms with Crippen molar-refractivity contribution in [2.45, 2.75) is 38.8 Å². The third-order valence-corrected chi connectivity index (χ3v) is 8.31. The molecule has 32 heavy (non-hydrogen) atoms. The number of hydrogen-bond acceptors (Lipinski definition) is 4. The van der Waals surface area contributed by atoms with Gasteiger partial charge >= 0.3 is 0 Å². The molecule has 1 aromatic carbocycles. The number of hydrogen-bond donors (Lipinski definition) is 1. The molecule has 0 amide bonds. The largest absolute Gasteiger partial charge is 0.370 e. The van der Waals surface area contributed by atoms with Crippen molar-refractivity contribution in [1.29, 1.82) is 0 Å². The van der Waals surface area contributed by atoms with Gasteiger partial charge in [0.2, 0.25) is 0 Å². The van der Waals surface area contributed by atoms with Gasteiger partial charge in [-0.25, -0.2) is 0 Å². The highest BCUT2D eigenvalue weighted by atomic mass is 35.5. The van der Waals surface area contributed by atoms with E-state index in [4.69, 9.17) is 23.8 Å². The lowest BCUT2D eigenvalue weighted by molar-refractivity contribution is 0.438. The summed E-state index contributed by atoms with van der Waals surface area (Å²) in [5.74, 6) is 0.788. The summed E-state index contributed by atoms with van der Waals surface area (Å²) in [5.41, 5.74) is 4.38. The van der Waals surface area contributed by atoms with Gasteiger partial charge in [0.05, 0.1) is 28.5 Å². The molecule has 2 aromatic heterocycles. The number of benzene rings is 1. The minimum Gasteiger partial charge on any atom is -0.370 e. The number of thiocarbonyl (C=S) groups is 1. The first kappa shape index (κ1) is 21.7. The van der Waals surface area contributed by atoms with Crippen LogP contribution in [0.15, 0.2) is 54.0 Å². The molecule has 4 heterocycles. The molecule has 2 saturated heterocycles. The van der Waals surface area contributed by atoms with Crippen molar-refractivity contribution in [3.8, 4) is 0 Å². The lowest BCUT2D eigenvalue weighted by atomic mass is 9.98. The van der Waals surface area contributed by atoms with Crippen LogP contribution in [0.2, 0.25) is 5.02 Å². The van der Waals surface area contributed by atoms with E-state index < -0.39 is 0 Å². The van der Waals surface area contributed by atoms with Crippen LogP contribution < -0.4 is 15.1 Å². The minimum absolute atomic E-state index is 0.0233. The van der Waals surface area contributed by atoms with E-state index in [-0.39, 0.29) is 12.1 Å². The van der Waals surface area contributed by atoms with Crippen LogP contribution >= 0.6 is 35.2 Å². The summed E-state index contributed by atoms with van der Waals surface area (Å²) in [6, 6.07) is 14.6. The molecule has 4 nitrogen and oxygen atoms in total. The van der Waals surface area contributed by atoms with E-state index in [1.54, 1.807) is 11.3 Å². The van der Waals surface area contributed by atoms with Gasteiger partial charge in [0.15, 0.2) is 5.11 Å². The predicted molar refractivity (Wildman–Crippen MR) is 139 cm³/mol. The van der Waals surface area contributed by atoms with Crippen molar-refractivity contribution >= 4 is 51.6 Å². The van der Waals surface area contributed by atoms with Gasteiger partial charge in [-0.3, -0.25) is 4.98 Å².